The summed E-state index contributed by atoms with van der Waals surface area (Å²) in [5.41, 5.74) is 0.953. The summed E-state index contributed by atoms with van der Waals surface area (Å²) < 4.78 is 59.7. The minimum Gasteiger partial charge on any atom is -0.855 e. The number of hydrogen-bond acceptors (Lipinski definition) is 2. The minimum absolute atomic E-state index is 0. The zero-order valence-corrected chi connectivity index (χ0v) is 19.2. The first-order chi connectivity index (χ1) is 18.1. The number of para-hydroxylation sites is 1. The SMILES string of the molecule is C=CC=[C-]C(=C)c1ccccn1.[2H]C=C/C([2H])=C(/[2H])C(=[N-])c1[c-]ccc2c1oc1c([2H])c([2H])c([2H])c([2H])c12.[Ir+3]. The molecule has 0 aliphatic heterocycles. The third-order valence-corrected chi connectivity index (χ3v) is 3.94. The second-order valence-electron chi connectivity index (χ2n) is 5.93. The van der Waals surface area contributed by atoms with Gasteiger partial charge in [-0.3, -0.25) is 0 Å². The maximum absolute atomic E-state index is 10.4. The van der Waals surface area contributed by atoms with Gasteiger partial charge < -0.3 is 14.8 Å². The molecule has 0 saturated carbocycles. The van der Waals surface area contributed by atoms with Crippen LogP contribution >= 0.6 is 0 Å². The predicted molar refractivity (Wildman–Crippen MR) is 131 cm³/mol. The maximum Gasteiger partial charge on any atom is 3.00 e. The molecule has 0 radical (unpaired) electrons. The summed E-state index contributed by atoms with van der Waals surface area (Å²) in [7, 11) is 0. The van der Waals surface area contributed by atoms with E-state index in [0.717, 1.165) is 23.9 Å². The van der Waals surface area contributed by atoms with Gasteiger partial charge in [-0.2, -0.15) is 6.58 Å². The number of nitrogens with zero attached hydrogens (tertiary/aromatic N) is 2. The largest absolute Gasteiger partial charge is 3.00 e. The molecule has 0 bridgehead atoms. The number of aromatic nitrogens is 1. The Morgan fingerprint density at radius 3 is 2.84 bits per heavy atom. The van der Waals surface area contributed by atoms with Crippen LogP contribution < -0.4 is 0 Å². The number of fused-ring (bicyclic) bond motifs is 3. The van der Waals surface area contributed by atoms with Crippen molar-refractivity contribution < 1.29 is 34.1 Å². The van der Waals surface area contributed by atoms with Crippen LogP contribution in [0.1, 0.15) is 20.9 Å². The molecular weight excluding hydrogens is 573 g/mol. The molecule has 0 N–H and O–H groups in total. The van der Waals surface area contributed by atoms with Gasteiger partial charge in [0.25, 0.3) is 0 Å². The fraction of sp³-hybridized carbons (Fsp3) is 0. The van der Waals surface area contributed by atoms with Crippen molar-refractivity contribution in [2.75, 3.05) is 0 Å². The summed E-state index contributed by atoms with van der Waals surface area (Å²) in [6, 6.07) is 8.99. The van der Waals surface area contributed by atoms with Crippen LogP contribution in [0.3, 0.4) is 0 Å². The second kappa shape index (κ2) is 12.3. The Balaban J connectivity index is 0.000000346. The van der Waals surface area contributed by atoms with E-state index in [2.05, 4.69) is 30.3 Å². The van der Waals surface area contributed by atoms with Crippen molar-refractivity contribution in [1.82, 2.24) is 4.98 Å². The van der Waals surface area contributed by atoms with Gasteiger partial charge >= 0.3 is 20.1 Å². The molecule has 0 amide bonds. The third kappa shape index (κ3) is 5.98. The molecule has 3 nitrogen and oxygen atoms in total. The van der Waals surface area contributed by atoms with Gasteiger partial charge in [-0.15, -0.1) is 60.2 Å². The Bertz CT molecular complexity index is 1640. The van der Waals surface area contributed by atoms with E-state index in [4.69, 9.17) is 14.0 Å². The predicted octanol–water partition coefficient (Wildman–Crippen LogP) is 7.12. The van der Waals surface area contributed by atoms with Gasteiger partial charge in [0, 0.05) is 18.5 Å². The van der Waals surface area contributed by atoms with Crippen LogP contribution in [0.15, 0.2) is 115 Å². The number of pyridine rings is 1. The number of allylic oxidation sites excluding steroid dienone is 7. The Morgan fingerprint density at radius 2 is 2.09 bits per heavy atom. The average molecular weight is 601 g/mol. The van der Waals surface area contributed by atoms with Gasteiger partial charge in [-0.1, -0.05) is 54.3 Å². The third-order valence-electron chi connectivity index (χ3n) is 3.94. The number of furan rings is 1. The van der Waals surface area contributed by atoms with E-state index in [0.29, 0.717) is 5.39 Å². The molecule has 2 aromatic carbocycles. The van der Waals surface area contributed by atoms with Crippen molar-refractivity contribution in [3.05, 3.63) is 140 Å². The van der Waals surface area contributed by atoms with Gasteiger partial charge in [-0.25, -0.2) is 5.71 Å². The van der Waals surface area contributed by atoms with Crippen LogP contribution in [-0.4, -0.2) is 10.7 Å². The smallest absolute Gasteiger partial charge is 0.855 e. The van der Waals surface area contributed by atoms with Crippen molar-refractivity contribution in [2.24, 2.45) is 0 Å². The minimum atomic E-state index is -0.604. The van der Waals surface area contributed by atoms with E-state index in [-0.39, 0.29) is 60.4 Å². The second-order valence-corrected chi connectivity index (χ2v) is 5.93. The molecule has 2 heterocycles. The maximum atomic E-state index is 10.4. The molecule has 0 aliphatic rings. The molecule has 32 heavy (non-hydrogen) atoms. The zero-order chi connectivity index (χ0) is 28.0. The Labute approximate surface area is 211 Å². The molecule has 0 saturated heterocycles. The monoisotopic (exact) mass is 601 g/mol. The van der Waals surface area contributed by atoms with Crippen molar-refractivity contribution in [3.63, 3.8) is 0 Å². The van der Waals surface area contributed by atoms with Crippen LogP contribution in [-0.2, 0) is 20.1 Å². The Morgan fingerprint density at radius 1 is 1.25 bits per heavy atom. The van der Waals surface area contributed by atoms with Crippen molar-refractivity contribution in [3.8, 4) is 0 Å². The first-order valence-electron chi connectivity index (χ1n) is 12.6. The van der Waals surface area contributed by atoms with E-state index < -0.39 is 23.8 Å². The van der Waals surface area contributed by atoms with Crippen LogP contribution in [0, 0.1) is 12.1 Å². The topological polar surface area (TPSA) is 48.3 Å². The van der Waals surface area contributed by atoms with E-state index >= 15 is 0 Å². The normalized spacial score (nSPS) is 14.6. The van der Waals surface area contributed by atoms with Gasteiger partial charge in [0.2, 0.25) is 0 Å². The van der Waals surface area contributed by atoms with Crippen molar-refractivity contribution in [1.29, 1.82) is 0 Å². The Kier molecular flexibility index (Phi) is 6.19. The summed E-state index contributed by atoms with van der Waals surface area (Å²) in [4.78, 5) is 4.12. The number of benzene rings is 2. The zero-order valence-electron chi connectivity index (χ0n) is 23.8. The summed E-state index contributed by atoms with van der Waals surface area (Å²) in [5, 5.41) is 10.9. The Hall–Kier alpha value is -3.59. The standard InChI is InChI=1S/C17H11NO.C11H10N.Ir/c1-2-3-10-15(18)14-9-6-8-13-12-7-4-5-11-16(12)19-17(13)14;1-3-4-7-10(2)11-8-5-6-9-12-11;/h2-8,10-11H,1H2;3-6,8-9H,1-2H2;/q-2;-1;+3/b10-3-;;/i1D,3D,4D,5D,7D,10D,11D;;/b2-1?,10-3-;;. The van der Waals surface area contributed by atoms with E-state index in [1.807, 2.05) is 18.2 Å². The first kappa shape index (κ1) is 16.1. The first-order valence-corrected chi connectivity index (χ1v) is 9.07. The average Bonchev–Trinajstić information content (AvgIpc) is 3.34. The molecular formula is C28H21IrN2O. The molecule has 4 rings (SSSR count). The molecule has 0 aliphatic carbocycles. The quantitative estimate of drug-likeness (QED) is 0.134. The summed E-state index contributed by atoms with van der Waals surface area (Å²) in [5.74, 6) is 0. The molecule has 4 aromatic rings. The van der Waals surface area contributed by atoms with Crippen LogP contribution in [0.4, 0.5) is 0 Å². The van der Waals surface area contributed by atoms with Crippen LogP contribution in [0.25, 0.3) is 32.9 Å². The summed E-state index contributed by atoms with van der Waals surface area (Å²) in [6.45, 7) is 8.18. The molecule has 0 fully saturated rings. The summed E-state index contributed by atoms with van der Waals surface area (Å²) >= 11 is 0. The molecule has 0 atom stereocenters. The fourth-order valence-electron chi connectivity index (χ4n) is 2.58. The number of rotatable bonds is 6. The molecule has 0 spiro atoms. The van der Waals surface area contributed by atoms with Gasteiger partial charge in [-0.05, 0) is 17.8 Å². The van der Waals surface area contributed by atoms with Crippen LogP contribution in [0.5, 0.6) is 0 Å². The molecule has 0 unspecified atom stereocenters. The van der Waals surface area contributed by atoms with E-state index in [1.165, 1.54) is 12.1 Å². The number of hydrogen-bond donors (Lipinski definition) is 0. The molecule has 2 aromatic heterocycles. The van der Waals surface area contributed by atoms with Crippen molar-refractivity contribution >= 4 is 33.2 Å². The molecule has 158 valence electrons. The van der Waals surface area contributed by atoms with Crippen LogP contribution in [0.2, 0.25) is 0 Å². The van der Waals surface area contributed by atoms with Crippen molar-refractivity contribution in [2.45, 2.75) is 0 Å². The fourth-order valence-corrected chi connectivity index (χ4v) is 2.58. The van der Waals surface area contributed by atoms with Gasteiger partial charge in [0.05, 0.1) is 8.22 Å². The van der Waals surface area contributed by atoms with E-state index in [9.17, 15) is 5.41 Å². The van der Waals surface area contributed by atoms with E-state index in [1.54, 1.807) is 18.3 Å². The van der Waals surface area contributed by atoms with Gasteiger partial charge in [0.15, 0.2) is 0 Å². The molecule has 4 heteroatoms. The summed E-state index contributed by atoms with van der Waals surface area (Å²) in [6.07, 6.45) is 9.09. The van der Waals surface area contributed by atoms with Gasteiger partial charge in [0.1, 0.15) is 5.58 Å².